The van der Waals surface area contributed by atoms with Crippen LogP contribution in [0.3, 0.4) is 0 Å². The molecule has 3 nitrogen and oxygen atoms in total. The van der Waals surface area contributed by atoms with Gasteiger partial charge in [0.2, 0.25) is 0 Å². The standard InChI is InChI=1S/C12H13FN2O/c1-3-15(7-6-14)12(16)10-5-4-9(2)8-11(10)13/h4-5,8H,3,7H2,1-2H3. The third kappa shape index (κ3) is 2.57. The van der Waals surface area contributed by atoms with Crippen molar-refractivity contribution < 1.29 is 9.18 Å². The molecule has 0 saturated heterocycles. The first-order chi connectivity index (χ1) is 7.60. The van der Waals surface area contributed by atoms with E-state index in [1.54, 1.807) is 19.9 Å². The van der Waals surface area contributed by atoms with Crippen molar-refractivity contribution in [2.24, 2.45) is 0 Å². The van der Waals surface area contributed by atoms with Crippen LogP contribution >= 0.6 is 0 Å². The van der Waals surface area contributed by atoms with Gasteiger partial charge in [0.05, 0.1) is 11.6 Å². The molecular formula is C12H13FN2O. The van der Waals surface area contributed by atoms with Crippen molar-refractivity contribution in [1.29, 1.82) is 5.26 Å². The molecule has 0 spiro atoms. The van der Waals surface area contributed by atoms with E-state index in [1.165, 1.54) is 17.0 Å². The van der Waals surface area contributed by atoms with E-state index in [-0.39, 0.29) is 12.1 Å². The molecule has 0 aliphatic rings. The predicted octanol–water partition coefficient (Wildman–Crippen LogP) is 2.12. The Labute approximate surface area is 94.1 Å². The SMILES string of the molecule is CCN(CC#N)C(=O)c1ccc(C)cc1F. The molecule has 1 aromatic rings. The van der Waals surface area contributed by atoms with Crippen LogP contribution in [0.5, 0.6) is 0 Å². The van der Waals surface area contributed by atoms with E-state index in [9.17, 15) is 9.18 Å². The minimum absolute atomic E-state index is 0.0164. The molecule has 0 atom stereocenters. The molecule has 1 aromatic carbocycles. The highest BCUT2D eigenvalue weighted by Crippen LogP contribution is 2.12. The van der Waals surface area contributed by atoms with Crippen LogP contribution in [0.15, 0.2) is 18.2 Å². The Morgan fingerprint density at radius 1 is 1.56 bits per heavy atom. The second kappa shape index (κ2) is 5.26. The molecule has 16 heavy (non-hydrogen) atoms. The van der Waals surface area contributed by atoms with Crippen molar-refractivity contribution in [3.63, 3.8) is 0 Å². The molecule has 0 saturated carbocycles. The van der Waals surface area contributed by atoms with Gasteiger partial charge in [0.15, 0.2) is 0 Å². The topological polar surface area (TPSA) is 44.1 Å². The Morgan fingerprint density at radius 2 is 2.25 bits per heavy atom. The van der Waals surface area contributed by atoms with Crippen LogP contribution in [0.4, 0.5) is 4.39 Å². The van der Waals surface area contributed by atoms with E-state index < -0.39 is 11.7 Å². The fourth-order valence-electron chi connectivity index (χ4n) is 1.38. The summed E-state index contributed by atoms with van der Waals surface area (Å²) in [4.78, 5) is 13.1. The summed E-state index contributed by atoms with van der Waals surface area (Å²) in [5, 5.41) is 8.54. The number of rotatable bonds is 3. The van der Waals surface area contributed by atoms with Crippen molar-refractivity contribution in [1.82, 2.24) is 4.90 Å². The monoisotopic (exact) mass is 220 g/mol. The van der Waals surface area contributed by atoms with Crippen molar-refractivity contribution in [3.05, 3.63) is 35.1 Å². The summed E-state index contributed by atoms with van der Waals surface area (Å²) in [6.45, 7) is 3.87. The van der Waals surface area contributed by atoms with E-state index in [4.69, 9.17) is 5.26 Å². The molecule has 0 fully saturated rings. The van der Waals surface area contributed by atoms with E-state index in [0.717, 1.165) is 5.56 Å². The van der Waals surface area contributed by atoms with Crippen molar-refractivity contribution in [3.8, 4) is 6.07 Å². The fraction of sp³-hybridized carbons (Fsp3) is 0.333. The number of carbonyl (C=O) groups excluding carboxylic acids is 1. The fourth-order valence-corrected chi connectivity index (χ4v) is 1.38. The van der Waals surface area contributed by atoms with Gasteiger partial charge in [0, 0.05) is 6.54 Å². The van der Waals surface area contributed by atoms with Crippen molar-refractivity contribution >= 4 is 5.91 Å². The summed E-state index contributed by atoms with van der Waals surface area (Å²) in [5.74, 6) is -0.983. The minimum Gasteiger partial charge on any atom is -0.326 e. The van der Waals surface area contributed by atoms with Gasteiger partial charge in [-0.2, -0.15) is 5.26 Å². The first kappa shape index (κ1) is 12.2. The molecule has 0 aliphatic heterocycles. The van der Waals surface area contributed by atoms with Gasteiger partial charge in [-0.25, -0.2) is 4.39 Å². The van der Waals surface area contributed by atoms with Crippen molar-refractivity contribution in [2.75, 3.05) is 13.1 Å². The van der Waals surface area contributed by atoms with Gasteiger partial charge in [0.1, 0.15) is 12.4 Å². The zero-order chi connectivity index (χ0) is 12.1. The molecule has 84 valence electrons. The lowest BCUT2D eigenvalue weighted by Gasteiger charge is -2.17. The molecule has 0 N–H and O–H groups in total. The maximum atomic E-state index is 13.5. The first-order valence-corrected chi connectivity index (χ1v) is 5.02. The first-order valence-electron chi connectivity index (χ1n) is 5.02. The molecule has 0 aromatic heterocycles. The third-order valence-corrected chi connectivity index (χ3v) is 2.29. The average Bonchev–Trinajstić information content (AvgIpc) is 2.25. The number of nitrogens with zero attached hydrogens (tertiary/aromatic N) is 2. The zero-order valence-corrected chi connectivity index (χ0v) is 9.33. The predicted molar refractivity (Wildman–Crippen MR) is 58.3 cm³/mol. The molecule has 0 radical (unpaired) electrons. The number of aryl methyl sites for hydroxylation is 1. The summed E-state index contributed by atoms with van der Waals surface area (Å²) in [5.41, 5.74) is 0.778. The normalized spacial score (nSPS) is 9.62. The van der Waals surface area contributed by atoms with E-state index in [0.29, 0.717) is 6.54 Å². The number of benzene rings is 1. The zero-order valence-electron chi connectivity index (χ0n) is 9.33. The molecule has 4 heteroatoms. The average molecular weight is 220 g/mol. The van der Waals surface area contributed by atoms with Crippen molar-refractivity contribution in [2.45, 2.75) is 13.8 Å². The highest BCUT2D eigenvalue weighted by atomic mass is 19.1. The van der Waals surface area contributed by atoms with Gasteiger partial charge in [0.25, 0.3) is 5.91 Å². The van der Waals surface area contributed by atoms with Gasteiger partial charge < -0.3 is 4.90 Å². The summed E-state index contributed by atoms with van der Waals surface area (Å²) < 4.78 is 13.5. The molecule has 1 rings (SSSR count). The molecule has 0 bridgehead atoms. The van der Waals surface area contributed by atoms with E-state index >= 15 is 0 Å². The third-order valence-electron chi connectivity index (χ3n) is 2.29. The largest absolute Gasteiger partial charge is 0.326 e. The van der Waals surface area contributed by atoms with Gasteiger partial charge in [-0.3, -0.25) is 4.79 Å². The lowest BCUT2D eigenvalue weighted by atomic mass is 10.1. The van der Waals surface area contributed by atoms with Crippen LogP contribution < -0.4 is 0 Å². The van der Waals surface area contributed by atoms with Crippen LogP contribution in [0, 0.1) is 24.1 Å². The van der Waals surface area contributed by atoms with Gasteiger partial charge in [-0.05, 0) is 31.5 Å². The van der Waals surface area contributed by atoms with E-state index in [2.05, 4.69) is 0 Å². The molecular weight excluding hydrogens is 207 g/mol. The maximum Gasteiger partial charge on any atom is 0.257 e. The number of halogens is 1. The lowest BCUT2D eigenvalue weighted by molar-refractivity contribution is 0.0779. The Kier molecular flexibility index (Phi) is 4.01. The van der Waals surface area contributed by atoms with Crippen LogP contribution in [0.25, 0.3) is 0 Å². The molecule has 1 amide bonds. The number of hydrogen-bond donors (Lipinski definition) is 0. The summed E-state index contributed by atoms with van der Waals surface area (Å²) in [6.07, 6.45) is 0. The smallest absolute Gasteiger partial charge is 0.257 e. The Bertz CT molecular complexity index is 437. The number of amides is 1. The van der Waals surface area contributed by atoms with E-state index in [1.807, 2.05) is 6.07 Å². The minimum atomic E-state index is -0.540. The van der Waals surface area contributed by atoms with Crippen LogP contribution in [0.2, 0.25) is 0 Å². The highest BCUT2D eigenvalue weighted by Gasteiger charge is 2.17. The number of nitriles is 1. The Balaban J connectivity index is 3.00. The Morgan fingerprint density at radius 3 is 2.75 bits per heavy atom. The molecule has 0 aliphatic carbocycles. The quantitative estimate of drug-likeness (QED) is 0.732. The number of hydrogen-bond acceptors (Lipinski definition) is 2. The van der Waals surface area contributed by atoms with Crippen LogP contribution in [-0.2, 0) is 0 Å². The Hall–Kier alpha value is -1.89. The van der Waals surface area contributed by atoms with Gasteiger partial charge in [-0.1, -0.05) is 6.07 Å². The molecule has 0 unspecified atom stereocenters. The summed E-state index contributed by atoms with van der Waals surface area (Å²) in [6, 6.07) is 6.32. The number of carbonyl (C=O) groups is 1. The van der Waals surface area contributed by atoms with Gasteiger partial charge in [-0.15, -0.1) is 0 Å². The maximum absolute atomic E-state index is 13.5. The summed E-state index contributed by atoms with van der Waals surface area (Å²) >= 11 is 0. The van der Waals surface area contributed by atoms with Crippen LogP contribution in [0.1, 0.15) is 22.8 Å². The highest BCUT2D eigenvalue weighted by molar-refractivity contribution is 5.94. The summed E-state index contributed by atoms with van der Waals surface area (Å²) in [7, 11) is 0. The second-order valence-electron chi connectivity index (χ2n) is 3.46. The van der Waals surface area contributed by atoms with Crippen LogP contribution in [-0.4, -0.2) is 23.9 Å². The molecule has 0 heterocycles. The lowest BCUT2D eigenvalue weighted by Crippen LogP contribution is -2.31. The van der Waals surface area contributed by atoms with Gasteiger partial charge >= 0.3 is 0 Å². The second-order valence-corrected chi connectivity index (χ2v) is 3.46.